The third kappa shape index (κ3) is 3.96. The van der Waals surface area contributed by atoms with Gasteiger partial charge in [0.2, 0.25) is 0 Å². The third-order valence-electron chi connectivity index (χ3n) is 4.35. The number of allylic oxidation sites excluding steroid dienone is 1. The van der Waals surface area contributed by atoms with Crippen molar-refractivity contribution < 1.29 is 9.53 Å². The topological polar surface area (TPSA) is 26.3 Å². The van der Waals surface area contributed by atoms with Crippen LogP contribution >= 0.6 is 0 Å². The number of hydrogen-bond donors (Lipinski definition) is 0. The van der Waals surface area contributed by atoms with Gasteiger partial charge in [-0.25, -0.2) is 0 Å². The molecule has 0 radical (unpaired) electrons. The summed E-state index contributed by atoms with van der Waals surface area (Å²) in [6.45, 7) is 3.81. The van der Waals surface area contributed by atoms with E-state index in [0.29, 0.717) is 12.3 Å². The summed E-state index contributed by atoms with van der Waals surface area (Å²) in [7, 11) is 1.64. The zero-order chi connectivity index (χ0) is 14.4. The smallest absolute Gasteiger partial charge is 0.163 e. The van der Waals surface area contributed by atoms with Crippen molar-refractivity contribution in [2.75, 3.05) is 7.11 Å². The Morgan fingerprint density at radius 2 is 1.80 bits per heavy atom. The summed E-state index contributed by atoms with van der Waals surface area (Å²) < 4.78 is 5.11. The van der Waals surface area contributed by atoms with Crippen molar-refractivity contribution >= 4 is 5.78 Å². The second-order valence-electron chi connectivity index (χ2n) is 5.77. The minimum atomic E-state index is 0.264. The minimum Gasteiger partial charge on any atom is -0.497 e. The van der Waals surface area contributed by atoms with Gasteiger partial charge in [-0.05, 0) is 68.2 Å². The largest absolute Gasteiger partial charge is 0.497 e. The summed E-state index contributed by atoms with van der Waals surface area (Å²) in [5.41, 5.74) is 0.805. The molecule has 0 amide bonds. The fourth-order valence-electron chi connectivity index (χ4n) is 3.06. The van der Waals surface area contributed by atoms with Crippen molar-refractivity contribution in [2.45, 2.75) is 38.5 Å². The summed E-state index contributed by atoms with van der Waals surface area (Å²) in [4.78, 5) is 12.3. The lowest BCUT2D eigenvalue weighted by Gasteiger charge is -2.27. The van der Waals surface area contributed by atoms with E-state index in [2.05, 4.69) is 6.58 Å². The van der Waals surface area contributed by atoms with Gasteiger partial charge in [0.25, 0.3) is 0 Å². The first-order valence-electron chi connectivity index (χ1n) is 7.51. The molecule has 0 aliphatic heterocycles. The van der Waals surface area contributed by atoms with Crippen molar-refractivity contribution in [1.82, 2.24) is 0 Å². The number of ketones is 1. The summed E-state index contributed by atoms with van der Waals surface area (Å²) in [5, 5.41) is 0. The molecule has 2 rings (SSSR count). The van der Waals surface area contributed by atoms with Crippen LogP contribution in [0.1, 0.15) is 48.9 Å². The fraction of sp³-hybridized carbons (Fsp3) is 0.500. The van der Waals surface area contributed by atoms with E-state index in [4.69, 9.17) is 4.74 Å². The molecule has 0 aromatic heterocycles. The molecule has 1 fully saturated rings. The predicted octanol–water partition coefficient (Wildman–Crippen LogP) is 4.65. The molecule has 1 aromatic carbocycles. The minimum absolute atomic E-state index is 0.264. The van der Waals surface area contributed by atoms with Gasteiger partial charge in [-0.3, -0.25) is 4.79 Å². The van der Waals surface area contributed by atoms with Crippen molar-refractivity contribution in [2.24, 2.45) is 11.8 Å². The highest BCUT2D eigenvalue weighted by Gasteiger charge is 2.22. The third-order valence-corrected chi connectivity index (χ3v) is 4.35. The van der Waals surface area contributed by atoms with E-state index in [1.54, 1.807) is 7.11 Å². The maximum absolute atomic E-state index is 12.3. The maximum atomic E-state index is 12.3. The highest BCUT2D eigenvalue weighted by Crippen LogP contribution is 2.33. The van der Waals surface area contributed by atoms with Crippen LogP contribution in [0.25, 0.3) is 0 Å². The van der Waals surface area contributed by atoms with Crippen LogP contribution in [-0.4, -0.2) is 12.9 Å². The van der Waals surface area contributed by atoms with Gasteiger partial charge in [0.05, 0.1) is 7.11 Å². The number of ether oxygens (including phenoxy) is 1. The highest BCUT2D eigenvalue weighted by molar-refractivity contribution is 5.96. The number of Topliss-reactive ketones (excluding diaryl/α,β-unsaturated/α-hetero) is 1. The van der Waals surface area contributed by atoms with Gasteiger partial charge in [0.1, 0.15) is 5.75 Å². The molecule has 0 heterocycles. The van der Waals surface area contributed by atoms with E-state index in [0.717, 1.165) is 23.7 Å². The molecule has 1 aliphatic rings. The molecular weight excluding hydrogens is 248 g/mol. The van der Waals surface area contributed by atoms with Crippen LogP contribution in [0.2, 0.25) is 0 Å². The van der Waals surface area contributed by atoms with Crippen molar-refractivity contribution in [3.8, 4) is 5.75 Å². The SMILES string of the molecule is C=CC[C@H]1CC[C@H](CC(=O)c2ccc(OC)cc2)CC1. The Morgan fingerprint density at radius 3 is 2.35 bits per heavy atom. The molecule has 0 atom stereocenters. The molecule has 1 saturated carbocycles. The van der Waals surface area contributed by atoms with Crippen LogP contribution in [0.4, 0.5) is 0 Å². The van der Waals surface area contributed by atoms with Crippen molar-refractivity contribution in [3.05, 3.63) is 42.5 Å². The molecule has 2 heteroatoms. The molecule has 0 unspecified atom stereocenters. The zero-order valence-corrected chi connectivity index (χ0v) is 12.3. The van der Waals surface area contributed by atoms with Gasteiger partial charge >= 0.3 is 0 Å². The summed E-state index contributed by atoms with van der Waals surface area (Å²) in [5.74, 6) is 2.41. The van der Waals surface area contributed by atoms with E-state index in [1.165, 1.54) is 25.7 Å². The predicted molar refractivity (Wildman–Crippen MR) is 82.2 cm³/mol. The van der Waals surface area contributed by atoms with E-state index in [9.17, 15) is 4.79 Å². The quantitative estimate of drug-likeness (QED) is 0.556. The average molecular weight is 272 g/mol. The lowest BCUT2D eigenvalue weighted by molar-refractivity contribution is 0.0943. The van der Waals surface area contributed by atoms with Gasteiger partial charge in [-0.15, -0.1) is 6.58 Å². The Morgan fingerprint density at radius 1 is 1.20 bits per heavy atom. The number of methoxy groups -OCH3 is 1. The molecule has 1 aromatic rings. The van der Waals surface area contributed by atoms with Crippen LogP contribution < -0.4 is 4.74 Å². The van der Waals surface area contributed by atoms with E-state index >= 15 is 0 Å². The monoisotopic (exact) mass is 272 g/mol. The first-order valence-corrected chi connectivity index (χ1v) is 7.51. The first kappa shape index (κ1) is 14.8. The lowest BCUT2D eigenvalue weighted by atomic mass is 9.78. The van der Waals surface area contributed by atoms with Crippen molar-refractivity contribution in [3.63, 3.8) is 0 Å². The number of rotatable bonds is 6. The van der Waals surface area contributed by atoms with Gasteiger partial charge in [-0.2, -0.15) is 0 Å². The molecule has 2 nitrogen and oxygen atoms in total. The summed E-state index contributed by atoms with van der Waals surface area (Å²) in [6.07, 6.45) is 8.68. The van der Waals surface area contributed by atoms with Gasteiger partial charge < -0.3 is 4.74 Å². The number of carbonyl (C=O) groups excluding carboxylic acids is 1. The Hall–Kier alpha value is -1.57. The molecule has 0 N–H and O–H groups in total. The Bertz CT molecular complexity index is 439. The Balaban J connectivity index is 1.84. The Kier molecular flexibility index (Phi) is 5.40. The molecule has 108 valence electrons. The standard InChI is InChI=1S/C18H24O2/c1-3-4-14-5-7-15(8-6-14)13-18(19)16-9-11-17(20-2)12-10-16/h3,9-12,14-15H,1,4-8,13H2,2H3/t14-,15-. The van der Waals surface area contributed by atoms with Crippen LogP contribution in [0.3, 0.4) is 0 Å². The number of carbonyl (C=O) groups is 1. The molecule has 1 aliphatic carbocycles. The van der Waals surface area contributed by atoms with Crippen LogP contribution in [0.15, 0.2) is 36.9 Å². The molecule has 0 bridgehead atoms. The first-order chi connectivity index (χ1) is 9.72. The van der Waals surface area contributed by atoms with E-state index in [-0.39, 0.29) is 5.78 Å². The van der Waals surface area contributed by atoms with E-state index in [1.807, 2.05) is 30.3 Å². The van der Waals surface area contributed by atoms with E-state index < -0.39 is 0 Å². The fourth-order valence-corrected chi connectivity index (χ4v) is 3.06. The average Bonchev–Trinajstić information content (AvgIpc) is 2.49. The zero-order valence-electron chi connectivity index (χ0n) is 12.3. The molecular formula is C18H24O2. The maximum Gasteiger partial charge on any atom is 0.163 e. The number of benzene rings is 1. The van der Waals surface area contributed by atoms with Crippen LogP contribution in [-0.2, 0) is 0 Å². The lowest BCUT2D eigenvalue weighted by Crippen LogP contribution is -2.17. The molecule has 20 heavy (non-hydrogen) atoms. The second kappa shape index (κ2) is 7.28. The molecule has 0 saturated heterocycles. The second-order valence-corrected chi connectivity index (χ2v) is 5.77. The van der Waals surface area contributed by atoms with Gasteiger partial charge in [0, 0.05) is 12.0 Å². The Labute approximate surface area is 121 Å². The van der Waals surface area contributed by atoms with Crippen LogP contribution in [0.5, 0.6) is 5.75 Å². The number of hydrogen-bond acceptors (Lipinski definition) is 2. The van der Waals surface area contributed by atoms with Gasteiger partial charge in [0.15, 0.2) is 5.78 Å². The summed E-state index contributed by atoms with van der Waals surface area (Å²) in [6, 6.07) is 7.44. The van der Waals surface area contributed by atoms with Gasteiger partial charge in [-0.1, -0.05) is 6.08 Å². The summed E-state index contributed by atoms with van der Waals surface area (Å²) >= 11 is 0. The normalized spacial score (nSPS) is 22.2. The molecule has 0 spiro atoms. The highest BCUT2D eigenvalue weighted by atomic mass is 16.5. The van der Waals surface area contributed by atoms with Crippen LogP contribution in [0, 0.1) is 11.8 Å². The van der Waals surface area contributed by atoms with Crippen molar-refractivity contribution in [1.29, 1.82) is 0 Å².